The van der Waals surface area contributed by atoms with Gasteiger partial charge in [-0.15, -0.1) is 0 Å². The Bertz CT molecular complexity index is 173. The molecule has 0 atom stereocenters. The molecule has 0 spiro atoms. The molecule has 0 aromatic carbocycles. The van der Waals surface area contributed by atoms with Gasteiger partial charge in [-0.1, -0.05) is 5.46 Å². The summed E-state index contributed by atoms with van der Waals surface area (Å²) in [6.07, 6.45) is 1.47. The van der Waals surface area contributed by atoms with Gasteiger partial charge in [0.1, 0.15) is 13.6 Å². The molecule has 0 unspecified atom stereocenters. The second-order valence-corrected chi connectivity index (χ2v) is 1.55. The van der Waals surface area contributed by atoms with Crippen LogP contribution in [0.2, 0.25) is 0 Å². The van der Waals surface area contributed by atoms with Crippen LogP contribution in [0.15, 0.2) is 16.7 Å². The Morgan fingerprint density at radius 2 is 2.50 bits per heavy atom. The van der Waals surface area contributed by atoms with Crippen LogP contribution in [0.25, 0.3) is 0 Å². The van der Waals surface area contributed by atoms with Crippen LogP contribution in [0.3, 0.4) is 0 Å². The van der Waals surface area contributed by atoms with Crippen molar-refractivity contribution in [3.8, 4) is 0 Å². The summed E-state index contributed by atoms with van der Waals surface area (Å²) in [4.78, 5) is 0. The number of hydrogen-bond donors (Lipinski definition) is 1. The van der Waals surface area contributed by atoms with Crippen molar-refractivity contribution in [2.45, 2.75) is 6.54 Å². The van der Waals surface area contributed by atoms with Crippen molar-refractivity contribution in [2.24, 2.45) is 5.73 Å². The Labute approximate surface area is 49.1 Å². The van der Waals surface area contributed by atoms with E-state index in [2.05, 4.69) is 0 Å². The Morgan fingerprint density at radius 1 is 1.75 bits per heavy atom. The van der Waals surface area contributed by atoms with Crippen LogP contribution < -0.4 is 11.2 Å². The molecule has 0 fully saturated rings. The Hall–Kier alpha value is -0.695. The molecule has 0 aliphatic heterocycles. The molecule has 2 N–H and O–H groups in total. The lowest BCUT2D eigenvalue weighted by Crippen LogP contribution is -1.97. The lowest BCUT2D eigenvalue weighted by molar-refractivity contribution is 0.513. The van der Waals surface area contributed by atoms with E-state index >= 15 is 0 Å². The van der Waals surface area contributed by atoms with Gasteiger partial charge in [-0.2, -0.15) is 0 Å². The molecule has 1 aromatic heterocycles. The molecule has 0 aliphatic carbocycles. The molecule has 2 nitrogen and oxygen atoms in total. The topological polar surface area (TPSA) is 39.2 Å². The third kappa shape index (κ3) is 0.926. The first-order chi connectivity index (χ1) is 3.83. The van der Waals surface area contributed by atoms with Gasteiger partial charge in [-0.3, -0.25) is 0 Å². The summed E-state index contributed by atoms with van der Waals surface area (Å²) in [5.41, 5.74) is 5.84. The summed E-state index contributed by atoms with van der Waals surface area (Å²) >= 11 is 0. The average Bonchev–Trinajstić information content (AvgIpc) is 2.14. The van der Waals surface area contributed by atoms with E-state index in [0.29, 0.717) is 12.0 Å². The van der Waals surface area contributed by atoms with Gasteiger partial charge in [0.25, 0.3) is 0 Å². The maximum Gasteiger partial charge on any atom is 0.118 e. The highest BCUT2D eigenvalue weighted by Gasteiger charge is 1.91. The molecule has 0 saturated carbocycles. The zero-order chi connectivity index (χ0) is 5.98. The fraction of sp³-hybridized carbons (Fsp3) is 0.200. The van der Waals surface area contributed by atoms with Crippen LogP contribution in [0.5, 0.6) is 0 Å². The molecule has 1 aromatic rings. The van der Waals surface area contributed by atoms with Crippen LogP contribution in [0, 0.1) is 0 Å². The van der Waals surface area contributed by atoms with Crippen LogP contribution >= 0.6 is 0 Å². The van der Waals surface area contributed by atoms with Gasteiger partial charge in [-0.05, 0) is 6.07 Å². The second kappa shape index (κ2) is 2.05. The van der Waals surface area contributed by atoms with E-state index in [4.69, 9.17) is 18.0 Å². The van der Waals surface area contributed by atoms with Gasteiger partial charge in [-0.25, -0.2) is 0 Å². The third-order valence-electron chi connectivity index (χ3n) is 0.875. The lowest BCUT2D eigenvalue weighted by Gasteiger charge is -1.80. The lowest BCUT2D eigenvalue weighted by atomic mass is 10.0. The molecule has 1 rings (SSSR count). The average molecular weight is 107 g/mol. The van der Waals surface area contributed by atoms with Crippen LogP contribution in [-0.2, 0) is 6.54 Å². The van der Waals surface area contributed by atoms with Gasteiger partial charge in [0.05, 0.1) is 12.8 Å². The van der Waals surface area contributed by atoms with Gasteiger partial charge >= 0.3 is 0 Å². The van der Waals surface area contributed by atoms with Crippen molar-refractivity contribution in [1.29, 1.82) is 0 Å². The van der Waals surface area contributed by atoms with Gasteiger partial charge in [0.2, 0.25) is 0 Å². The number of rotatable bonds is 1. The molecule has 3 heteroatoms. The minimum Gasteiger partial charge on any atom is -0.469 e. The number of furan rings is 1. The standard InChI is InChI=1S/C5H6BNO/c6-4-1-5(2-7)8-3-4/h1,3H,2,7H2. The van der Waals surface area contributed by atoms with E-state index < -0.39 is 0 Å². The Kier molecular flexibility index (Phi) is 1.39. The fourth-order valence-corrected chi connectivity index (χ4v) is 0.505. The molecule has 0 saturated heterocycles. The molecule has 0 bridgehead atoms. The van der Waals surface area contributed by atoms with Gasteiger partial charge in [0.15, 0.2) is 0 Å². The van der Waals surface area contributed by atoms with E-state index in [-0.39, 0.29) is 0 Å². The summed E-state index contributed by atoms with van der Waals surface area (Å²) in [6, 6.07) is 1.71. The predicted octanol–water partition coefficient (Wildman–Crippen LogP) is -0.468. The quantitative estimate of drug-likeness (QED) is 0.492. The minimum absolute atomic E-state index is 0.414. The Morgan fingerprint density at radius 3 is 2.75 bits per heavy atom. The molecule has 0 aliphatic rings. The first-order valence-corrected chi connectivity index (χ1v) is 2.36. The van der Waals surface area contributed by atoms with Crippen molar-refractivity contribution in [2.75, 3.05) is 0 Å². The van der Waals surface area contributed by atoms with E-state index in [9.17, 15) is 0 Å². The monoisotopic (exact) mass is 107 g/mol. The zero-order valence-electron chi connectivity index (χ0n) is 4.42. The Balaban J connectivity index is 2.84. The second-order valence-electron chi connectivity index (χ2n) is 1.55. The third-order valence-corrected chi connectivity index (χ3v) is 0.875. The van der Waals surface area contributed by atoms with Crippen LogP contribution in [0.4, 0.5) is 0 Å². The molecular formula is C5H6BNO. The SMILES string of the molecule is [B]c1coc(CN)c1. The van der Waals surface area contributed by atoms with Gasteiger partial charge < -0.3 is 10.2 Å². The van der Waals surface area contributed by atoms with Crippen LogP contribution in [-0.4, -0.2) is 7.85 Å². The van der Waals surface area contributed by atoms with E-state index in [0.717, 1.165) is 5.76 Å². The van der Waals surface area contributed by atoms with E-state index in [1.807, 2.05) is 0 Å². The maximum atomic E-state index is 5.30. The summed E-state index contributed by atoms with van der Waals surface area (Å²) in [6.45, 7) is 0.414. The number of nitrogens with two attached hydrogens (primary N) is 1. The van der Waals surface area contributed by atoms with Gasteiger partial charge in [0, 0.05) is 0 Å². The van der Waals surface area contributed by atoms with Crippen molar-refractivity contribution in [3.63, 3.8) is 0 Å². The van der Waals surface area contributed by atoms with Crippen molar-refractivity contribution in [3.05, 3.63) is 18.1 Å². The highest BCUT2D eigenvalue weighted by Crippen LogP contribution is 1.92. The molecular weight excluding hydrogens is 101 g/mol. The molecule has 2 radical (unpaired) electrons. The molecule has 1 heterocycles. The normalized spacial score (nSPS) is 9.62. The highest BCUT2D eigenvalue weighted by atomic mass is 16.3. The highest BCUT2D eigenvalue weighted by molar-refractivity contribution is 6.32. The molecule has 0 amide bonds. The van der Waals surface area contributed by atoms with Crippen molar-refractivity contribution >= 4 is 13.3 Å². The summed E-state index contributed by atoms with van der Waals surface area (Å²) < 4.78 is 4.86. The first kappa shape index (κ1) is 5.44. The first-order valence-electron chi connectivity index (χ1n) is 2.36. The zero-order valence-corrected chi connectivity index (χ0v) is 4.42. The molecule has 40 valence electrons. The summed E-state index contributed by atoms with van der Waals surface area (Å²) in [7, 11) is 5.30. The maximum absolute atomic E-state index is 5.30. The predicted molar refractivity (Wildman–Crippen MR) is 32.0 cm³/mol. The molecule has 8 heavy (non-hydrogen) atoms. The minimum atomic E-state index is 0.414. The fourth-order valence-electron chi connectivity index (χ4n) is 0.505. The largest absolute Gasteiger partial charge is 0.469 e. The van der Waals surface area contributed by atoms with Crippen molar-refractivity contribution < 1.29 is 4.42 Å². The van der Waals surface area contributed by atoms with E-state index in [1.165, 1.54) is 6.26 Å². The smallest absolute Gasteiger partial charge is 0.118 e. The number of hydrogen-bond acceptors (Lipinski definition) is 2. The summed E-state index contributed by atoms with van der Waals surface area (Å²) in [5, 5.41) is 0. The van der Waals surface area contributed by atoms with Crippen molar-refractivity contribution in [1.82, 2.24) is 0 Å². The van der Waals surface area contributed by atoms with E-state index in [1.54, 1.807) is 6.07 Å². The summed E-state index contributed by atoms with van der Waals surface area (Å²) in [5.74, 6) is 0.725. The van der Waals surface area contributed by atoms with Crippen LogP contribution in [0.1, 0.15) is 5.76 Å².